The van der Waals surface area contributed by atoms with E-state index < -0.39 is 17.7 Å². The minimum absolute atomic E-state index is 0.00648. The van der Waals surface area contributed by atoms with Crippen LogP contribution in [0.25, 0.3) is 5.76 Å². The molecule has 2 aliphatic heterocycles. The Labute approximate surface area is 194 Å². The smallest absolute Gasteiger partial charge is 0.295 e. The molecule has 3 aromatic rings. The zero-order chi connectivity index (χ0) is 22.9. The monoisotopic (exact) mass is 462 g/mol. The van der Waals surface area contributed by atoms with Crippen LogP contribution < -0.4 is 9.47 Å². The van der Waals surface area contributed by atoms with E-state index in [0.717, 1.165) is 5.56 Å². The van der Waals surface area contributed by atoms with Crippen molar-refractivity contribution in [1.82, 2.24) is 9.88 Å². The quantitative estimate of drug-likeness (QED) is 0.356. The standard InChI is InChI=1S/C25H19ClN2O5/c26-18-3-1-2-16(12-18)22-21(23(29)17-4-5-19-20(13-17)33-11-10-32-19)24(30)25(31)28(22)14-15-6-8-27-9-7-15/h1-9,12-13,22,29H,10-11,14H2. The van der Waals surface area contributed by atoms with E-state index in [1.165, 1.54) is 4.90 Å². The number of likely N-dealkylation sites (tertiary alicyclic amines) is 1. The Bertz CT molecular complexity index is 1270. The van der Waals surface area contributed by atoms with Crippen LogP contribution in [-0.4, -0.2) is 39.9 Å². The largest absolute Gasteiger partial charge is 0.507 e. The van der Waals surface area contributed by atoms with Crippen LogP contribution in [0.2, 0.25) is 5.02 Å². The Morgan fingerprint density at radius 1 is 1.03 bits per heavy atom. The molecule has 1 amide bonds. The fraction of sp³-hybridized carbons (Fsp3) is 0.160. The molecule has 2 aromatic carbocycles. The molecule has 0 saturated carbocycles. The van der Waals surface area contributed by atoms with Crippen molar-refractivity contribution < 1.29 is 24.2 Å². The number of pyridine rings is 1. The number of aromatic nitrogens is 1. The molecule has 166 valence electrons. The van der Waals surface area contributed by atoms with Gasteiger partial charge in [0, 0.05) is 29.5 Å². The highest BCUT2D eigenvalue weighted by molar-refractivity contribution is 6.46. The lowest BCUT2D eigenvalue weighted by Gasteiger charge is -2.25. The van der Waals surface area contributed by atoms with Gasteiger partial charge in [-0.3, -0.25) is 14.6 Å². The Morgan fingerprint density at radius 2 is 1.79 bits per heavy atom. The number of ether oxygens (including phenoxy) is 2. The van der Waals surface area contributed by atoms with Gasteiger partial charge in [-0.15, -0.1) is 0 Å². The number of carbonyl (C=O) groups is 2. The van der Waals surface area contributed by atoms with E-state index in [1.54, 1.807) is 67.0 Å². The predicted molar refractivity (Wildman–Crippen MR) is 121 cm³/mol. The summed E-state index contributed by atoms with van der Waals surface area (Å²) in [7, 11) is 0. The van der Waals surface area contributed by atoms with Crippen LogP contribution in [0.4, 0.5) is 0 Å². The molecule has 2 aliphatic rings. The first-order valence-electron chi connectivity index (χ1n) is 10.4. The van der Waals surface area contributed by atoms with Gasteiger partial charge in [-0.25, -0.2) is 0 Å². The maximum absolute atomic E-state index is 13.2. The number of aliphatic hydroxyl groups is 1. The third-order valence-electron chi connectivity index (χ3n) is 5.62. The summed E-state index contributed by atoms with van der Waals surface area (Å²) in [5.74, 6) is -0.720. The number of hydrogen-bond donors (Lipinski definition) is 1. The Hall–Kier alpha value is -3.84. The number of hydrogen-bond acceptors (Lipinski definition) is 6. The zero-order valence-electron chi connectivity index (χ0n) is 17.4. The molecule has 7 nitrogen and oxygen atoms in total. The van der Waals surface area contributed by atoms with Crippen molar-refractivity contribution in [1.29, 1.82) is 0 Å². The van der Waals surface area contributed by atoms with Crippen LogP contribution >= 0.6 is 11.6 Å². The number of halogens is 1. The van der Waals surface area contributed by atoms with E-state index in [-0.39, 0.29) is 17.9 Å². The second kappa shape index (κ2) is 8.60. The highest BCUT2D eigenvalue weighted by atomic mass is 35.5. The SMILES string of the molecule is O=C1C(=O)N(Cc2ccncc2)C(c2cccc(Cl)c2)C1=C(O)c1ccc2c(c1)OCCO2. The molecule has 3 heterocycles. The molecule has 1 atom stereocenters. The third kappa shape index (κ3) is 3.91. The molecule has 1 unspecified atom stereocenters. The highest BCUT2D eigenvalue weighted by Crippen LogP contribution is 2.42. The molecule has 1 saturated heterocycles. The first kappa shape index (κ1) is 21.0. The van der Waals surface area contributed by atoms with Crippen molar-refractivity contribution in [2.24, 2.45) is 0 Å². The Balaban J connectivity index is 1.64. The summed E-state index contributed by atoms with van der Waals surface area (Å²) in [6, 6.07) is 14.6. The molecule has 5 rings (SSSR count). The van der Waals surface area contributed by atoms with Crippen LogP contribution in [0.15, 0.2) is 72.6 Å². The van der Waals surface area contributed by atoms with Gasteiger partial charge in [0.2, 0.25) is 0 Å². The molecule has 33 heavy (non-hydrogen) atoms. The summed E-state index contributed by atoms with van der Waals surface area (Å²) in [4.78, 5) is 31.7. The highest BCUT2D eigenvalue weighted by Gasteiger charge is 2.46. The fourth-order valence-corrected chi connectivity index (χ4v) is 4.30. The molecule has 0 radical (unpaired) electrons. The number of benzene rings is 2. The number of aliphatic hydroxyl groups excluding tert-OH is 1. The van der Waals surface area contributed by atoms with Gasteiger partial charge in [-0.05, 0) is 53.6 Å². The number of carbonyl (C=O) groups excluding carboxylic acids is 2. The first-order valence-corrected chi connectivity index (χ1v) is 10.7. The van der Waals surface area contributed by atoms with Gasteiger partial charge in [0.05, 0.1) is 11.6 Å². The van der Waals surface area contributed by atoms with Crippen molar-refractivity contribution in [3.8, 4) is 11.5 Å². The number of rotatable bonds is 4. The summed E-state index contributed by atoms with van der Waals surface area (Å²) in [6.07, 6.45) is 3.24. The lowest BCUT2D eigenvalue weighted by molar-refractivity contribution is -0.140. The van der Waals surface area contributed by atoms with Crippen molar-refractivity contribution in [3.05, 3.63) is 94.3 Å². The molecular formula is C25H19ClN2O5. The lowest BCUT2D eigenvalue weighted by atomic mass is 9.95. The number of ketones is 1. The lowest BCUT2D eigenvalue weighted by Crippen LogP contribution is -2.29. The number of fused-ring (bicyclic) bond motifs is 1. The van der Waals surface area contributed by atoms with Crippen LogP contribution in [0.5, 0.6) is 11.5 Å². The van der Waals surface area contributed by atoms with Gasteiger partial charge in [0.15, 0.2) is 11.5 Å². The number of Topliss-reactive ketones (excluding diaryl/α,β-unsaturated/α-hetero) is 1. The fourth-order valence-electron chi connectivity index (χ4n) is 4.10. The van der Waals surface area contributed by atoms with E-state index in [2.05, 4.69) is 4.98 Å². The van der Waals surface area contributed by atoms with Crippen LogP contribution in [-0.2, 0) is 16.1 Å². The predicted octanol–water partition coefficient (Wildman–Crippen LogP) is 4.13. The maximum Gasteiger partial charge on any atom is 0.295 e. The van der Waals surface area contributed by atoms with E-state index in [1.807, 2.05) is 0 Å². The zero-order valence-corrected chi connectivity index (χ0v) is 18.2. The van der Waals surface area contributed by atoms with Crippen molar-refractivity contribution in [3.63, 3.8) is 0 Å². The minimum Gasteiger partial charge on any atom is -0.507 e. The summed E-state index contributed by atoms with van der Waals surface area (Å²) >= 11 is 6.22. The van der Waals surface area contributed by atoms with Crippen molar-refractivity contribution in [2.45, 2.75) is 12.6 Å². The average Bonchev–Trinajstić information content (AvgIpc) is 3.09. The first-order chi connectivity index (χ1) is 16.0. The molecular weight excluding hydrogens is 444 g/mol. The summed E-state index contributed by atoms with van der Waals surface area (Å²) in [5.41, 5.74) is 1.77. The van der Waals surface area contributed by atoms with Crippen LogP contribution in [0, 0.1) is 0 Å². The van der Waals surface area contributed by atoms with Crippen LogP contribution in [0.3, 0.4) is 0 Å². The van der Waals surface area contributed by atoms with Gasteiger partial charge >= 0.3 is 0 Å². The van der Waals surface area contributed by atoms with Crippen LogP contribution in [0.1, 0.15) is 22.7 Å². The van der Waals surface area contributed by atoms with Crippen molar-refractivity contribution in [2.75, 3.05) is 13.2 Å². The van der Waals surface area contributed by atoms with Gasteiger partial charge in [0.25, 0.3) is 11.7 Å². The minimum atomic E-state index is -0.815. The normalized spacial score (nSPS) is 19.1. The molecule has 0 bridgehead atoms. The Kier molecular flexibility index (Phi) is 5.48. The molecule has 8 heteroatoms. The van der Waals surface area contributed by atoms with Gasteiger partial charge in [-0.2, -0.15) is 0 Å². The molecule has 1 N–H and O–H groups in total. The summed E-state index contributed by atoms with van der Waals surface area (Å²) in [6.45, 7) is 0.992. The molecule has 1 aromatic heterocycles. The second-order valence-corrected chi connectivity index (χ2v) is 8.13. The summed E-state index contributed by atoms with van der Waals surface area (Å²) in [5, 5.41) is 11.7. The Morgan fingerprint density at radius 3 is 2.55 bits per heavy atom. The molecule has 0 spiro atoms. The van der Waals surface area contributed by atoms with Gasteiger partial charge < -0.3 is 19.5 Å². The van der Waals surface area contributed by atoms with Gasteiger partial charge in [0.1, 0.15) is 19.0 Å². The summed E-state index contributed by atoms with van der Waals surface area (Å²) < 4.78 is 11.1. The van der Waals surface area contributed by atoms with E-state index in [4.69, 9.17) is 21.1 Å². The maximum atomic E-state index is 13.2. The van der Waals surface area contributed by atoms with E-state index in [9.17, 15) is 14.7 Å². The third-order valence-corrected chi connectivity index (χ3v) is 5.86. The van der Waals surface area contributed by atoms with E-state index in [0.29, 0.717) is 40.9 Å². The topological polar surface area (TPSA) is 89.0 Å². The molecule has 0 aliphatic carbocycles. The average molecular weight is 463 g/mol. The van der Waals surface area contributed by atoms with E-state index >= 15 is 0 Å². The second-order valence-electron chi connectivity index (χ2n) is 7.70. The number of amides is 1. The van der Waals surface area contributed by atoms with Gasteiger partial charge in [-0.1, -0.05) is 23.7 Å². The molecule has 1 fully saturated rings. The van der Waals surface area contributed by atoms with Crippen molar-refractivity contribution >= 4 is 29.1 Å². The number of nitrogens with zero attached hydrogens (tertiary/aromatic N) is 2.